The molecule has 1 N–H and O–H groups in total. The van der Waals surface area contributed by atoms with Crippen LogP contribution in [-0.4, -0.2) is 19.3 Å². The molecular formula is C14H23NO. The van der Waals surface area contributed by atoms with E-state index in [9.17, 15) is 0 Å². The Morgan fingerprint density at radius 2 is 2.00 bits per heavy atom. The van der Waals surface area contributed by atoms with Crippen molar-refractivity contribution in [2.24, 2.45) is 0 Å². The molecule has 90 valence electrons. The number of aryl methyl sites for hydroxylation is 2. The van der Waals surface area contributed by atoms with E-state index in [2.05, 4.69) is 51.2 Å². The average molecular weight is 221 g/mol. The molecular weight excluding hydrogens is 198 g/mol. The molecule has 0 aliphatic rings. The number of hydrogen-bond acceptors (Lipinski definition) is 2. The Bertz CT molecular complexity index is 321. The van der Waals surface area contributed by atoms with Crippen molar-refractivity contribution in [1.29, 1.82) is 0 Å². The summed E-state index contributed by atoms with van der Waals surface area (Å²) in [7, 11) is 0. The number of rotatable bonds is 6. The summed E-state index contributed by atoms with van der Waals surface area (Å²) in [5, 5.41) is 3.39. The van der Waals surface area contributed by atoms with Crippen LogP contribution in [0.2, 0.25) is 0 Å². The fraction of sp³-hybridized carbons (Fsp3) is 0.571. The highest BCUT2D eigenvalue weighted by atomic mass is 16.5. The van der Waals surface area contributed by atoms with Crippen molar-refractivity contribution in [3.8, 4) is 0 Å². The van der Waals surface area contributed by atoms with E-state index in [-0.39, 0.29) is 0 Å². The van der Waals surface area contributed by atoms with Gasteiger partial charge in [-0.05, 0) is 38.8 Å². The van der Waals surface area contributed by atoms with Crippen LogP contribution in [0.1, 0.15) is 30.5 Å². The quantitative estimate of drug-likeness (QED) is 0.746. The third kappa shape index (κ3) is 4.77. The van der Waals surface area contributed by atoms with Crippen molar-refractivity contribution in [3.63, 3.8) is 0 Å². The molecule has 0 aromatic heterocycles. The molecule has 0 amide bonds. The van der Waals surface area contributed by atoms with Crippen LogP contribution in [0.3, 0.4) is 0 Å². The summed E-state index contributed by atoms with van der Waals surface area (Å²) < 4.78 is 5.47. The van der Waals surface area contributed by atoms with E-state index in [1.54, 1.807) is 0 Å². The van der Waals surface area contributed by atoms with Gasteiger partial charge in [0.25, 0.3) is 0 Å². The Labute approximate surface area is 99.0 Å². The van der Waals surface area contributed by atoms with E-state index in [0.717, 1.165) is 19.7 Å². The first-order valence-electron chi connectivity index (χ1n) is 5.98. The Morgan fingerprint density at radius 3 is 2.62 bits per heavy atom. The molecule has 0 heterocycles. The van der Waals surface area contributed by atoms with Gasteiger partial charge in [-0.3, -0.25) is 0 Å². The summed E-state index contributed by atoms with van der Waals surface area (Å²) >= 11 is 0. The van der Waals surface area contributed by atoms with Crippen molar-refractivity contribution in [3.05, 3.63) is 34.9 Å². The largest absolute Gasteiger partial charge is 0.377 e. The van der Waals surface area contributed by atoms with Crippen LogP contribution in [0.4, 0.5) is 0 Å². The highest BCUT2D eigenvalue weighted by molar-refractivity contribution is 5.30. The first-order valence-corrected chi connectivity index (χ1v) is 5.98. The number of benzene rings is 1. The van der Waals surface area contributed by atoms with E-state index in [1.807, 2.05) is 0 Å². The smallest absolute Gasteiger partial charge is 0.0594 e. The molecule has 1 rings (SSSR count). The molecule has 0 fully saturated rings. The molecule has 2 nitrogen and oxygen atoms in total. The predicted octanol–water partition coefficient (Wildman–Crippen LogP) is 2.82. The lowest BCUT2D eigenvalue weighted by Gasteiger charge is -2.10. The Kier molecular flexibility index (Phi) is 5.50. The van der Waals surface area contributed by atoms with Gasteiger partial charge in [-0.2, -0.15) is 0 Å². The van der Waals surface area contributed by atoms with Crippen molar-refractivity contribution < 1.29 is 4.74 Å². The van der Waals surface area contributed by atoms with Gasteiger partial charge < -0.3 is 10.1 Å². The SMILES string of the molecule is Cc1ccc(CNCCOC(C)C)c(C)c1. The Balaban J connectivity index is 2.27. The molecule has 16 heavy (non-hydrogen) atoms. The van der Waals surface area contributed by atoms with E-state index in [0.29, 0.717) is 6.10 Å². The van der Waals surface area contributed by atoms with Gasteiger partial charge in [-0.25, -0.2) is 0 Å². The van der Waals surface area contributed by atoms with Crippen LogP contribution in [-0.2, 0) is 11.3 Å². The fourth-order valence-corrected chi connectivity index (χ4v) is 1.63. The zero-order chi connectivity index (χ0) is 12.0. The van der Waals surface area contributed by atoms with Crippen molar-refractivity contribution in [1.82, 2.24) is 5.32 Å². The zero-order valence-electron chi connectivity index (χ0n) is 10.8. The maximum absolute atomic E-state index is 5.47. The van der Waals surface area contributed by atoms with Crippen LogP contribution in [0, 0.1) is 13.8 Å². The van der Waals surface area contributed by atoms with Gasteiger partial charge in [-0.15, -0.1) is 0 Å². The lowest BCUT2D eigenvalue weighted by molar-refractivity contribution is 0.0807. The van der Waals surface area contributed by atoms with Crippen molar-refractivity contribution in [2.75, 3.05) is 13.2 Å². The molecule has 0 saturated heterocycles. The standard InChI is InChI=1S/C14H23NO/c1-11(2)16-8-7-15-10-14-6-5-12(3)9-13(14)4/h5-6,9,11,15H,7-8,10H2,1-4H3. The van der Waals surface area contributed by atoms with Gasteiger partial charge in [0, 0.05) is 13.1 Å². The molecule has 0 radical (unpaired) electrons. The normalized spacial score (nSPS) is 11.1. The predicted molar refractivity (Wildman–Crippen MR) is 68.7 cm³/mol. The summed E-state index contributed by atoms with van der Waals surface area (Å²) in [5.74, 6) is 0. The minimum Gasteiger partial charge on any atom is -0.377 e. The van der Waals surface area contributed by atoms with Gasteiger partial charge in [0.2, 0.25) is 0 Å². The maximum Gasteiger partial charge on any atom is 0.0594 e. The molecule has 2 heteroatoms. The second kappa shape index (κ2) is 6.66. The molecule has 0 saturated carbocycles. The molecule has 1 aromatic carbocycles. The van der Waals surface area contributed by atoms with Gasteiger partial charge >= 0.3 is 0 Å². The van der Waals surface area contributed by atoms with Gasteiger partial charge in [0.1, 0.15) is 0 Å². The van der Waals surface area contributed by atoms with Crippen LogP contribution in [0.5, 0.6) is 0 Å². The van der Waals surface area contributed by atoms with E-state index < -0.39 is 0 Å². The summed E-state index contributed by atoms with van der Waals surface area (Å²) in [6.07, 6.45) is 0.322. The molecule has 1 aromatic rings. The zero-order valence-corrected chi connectivity index (χ0v) is 10.8. The van der Waals surface area contributed by atoms with Crippen LogP contribution < -0.4 is 5.32 Å². The van der Waals surface area contributed by atoms with E-state index in [4.69, 9.17) is 4.74 Å². The molecule has 0 aliphatic carbocycles. The topological polar surface area (TPSA) is 21.3 Å². The monoisotopic (exact) mass is 221 g/mol. The van der Waals surface area contributed by atoms with Gasteiger partial charge in [0.15, 0.2) is 0 Å². The second-order valence-corrected chi connectivity index (χ2v) is 4.53. The molecule has 0 bridgehead atoms. The first-order chi connectivity index (χ1) is 7.59. The van der Waals surface area contributed by atoms with E-state index >= 15 is 0 Å². The molecule has 0 atom stereocenters. The Hall–Kier alpha value is -0.860. The second-order valence-electron chi connectivity index (χ2n) is 4.53. The Morgan fingerprint density at radius 1 is 1.25 bits per heavy atom. The van der Waals surface area contributed by atoms with E-state index in [1.165, 1.54) is 16.7 Å². The van der Waals surface area contributed by atoms with Crippen molar-refractivity contribution >= 4 is 0 Å². The molecule has 0 aliphatic heterocycles. The van der Waals surface area contributed by atoms with Crippen LogP contribution in [0.15, 0.2) is 18.2 Å². The number of hydrogen-bond donors (Lipinski definition) is 1. The average Bonchev–Trinajstić information content (AvgIpc) is 2.20. The van der Waals surface area contributed by atoms with Crippen molar-refractivity contribution in [2.45, 2.75) is 40.3 Å². The summed E-state index contributed by atoms with van der Waals surface area (Å²) in [6.45, 7) is 11.0. The van der Waals surface area contributed by atoms with Gasteiger partial charge in [0.05, 0.1) is 12.7 Å². The molecule has 0 unspecified atom stereocenters. The molecule has 0 spiro atoms. The minimum absolute atomic E-state index is 0.322. The van der Waals surface area contributed by atoms with Crippen LogP contribution in [0.25, 0.3) is 0 Å². The maximum atomic E-state index is 5.47. The summed E-state index contributed by atoms with van der Waals surface area (Å²) in [5.41, 5.74) is 4.05. The van der Waals surface area contributed by atoms with Gasteiger partial charge in [-0.1, -0.05) is 23.8 Å². The number of ether oxygens (including phenoxy) is 1. The lowest BCUT2D eigenvalue weighted by Crippen LogP contribution is -2.21. The summed E-state index contributed by atoms with van der Waals surface area (Å²) in [6, 6.07) is 6.58. The third-order valence-corrected chi connectivity index (χ3v) is 2.54. The fourth-order valence-electron chi connectivity index (χ4n) is 1.63. The van der Waals surface area contributed by atoms with Crippen LogP contribution >= 0.6 is 0 Å². The summed E-state index contributed by atoms with van der Waals surface area (Å²) in [4.78, 5) is 0. The minimum atomic E-state index is 0.322. The highest BCUT2D eigenvalue weighted by Gasteiger charge is 1.98. The first kappa shape index (κ1) is 13.2. The third-order valence-electron chi connectivity index (χ3n) is 2.54. The highest BCUT2D eigenvalue weighted by Crippen LogP contribution is 2.09. The number of nitrogens with one attached hydrogen (secondary N) is 1. The lowest BCUT2D eigenvalue weighted by atomic mass is 10.1.